The lowest BCUT2D eigenvalue weighted by Crippen LogP contribution is -2.15. The number of ether oxygens (including phenoxy) is 1. The van der Waals surface area contributed by atoms with Gasteiger partial charge in [-0.15, -0.1) is 0 Å². The fraction of sp³-hybridized carbons (Fsp3) is 0.130. The van der Waals surface area contributed by atoms with Crippen LogP contribution in [0.25, 0.3) is 11.3 Å². The molecule has 0 saturated carbocycles. The zero-order valence-electron chi connectivity index (χ0n) is 19.5. The number of nitro groups is 1. The van der Waals surface area contributed by atoms with Crippen LogP contribution in [-0.4, -0.2) is 47.3 Å². The summed E-state index contributed by atoms with van der Waals surface area (Å²) in [5.41, 5.74) is 3.67. The van der Waals surface area contributed by atoms with Crippen molar-refractivity contribution in [2.24, 2.45) is 5.10 Å². The van der Waals surface area contributed by atoms with Crippen LogP contribution in [0.1, 0.15) is 5.76 Å². The fourth-order valence-electron chi connectivity index (χ4n) is 3.06. The highest BCUT2D eigenvalue weighted by Crippen LogP contribution is 2.34. The average molecular weight is 492 g/mol. The second kappa shape index (κ2) is 10.5. The Labute approximate surface area is 204 Å². The van der Waals surface area contributed by atoms with E-state index in [9.17, 15) is 14.5 Å². The van der Waals surface area contributed by atoms with E-state index in [1.165, 1.54) is 43.7 Å². The lowest BCUT2D eigenvalue weighted by atomic mass is 10.1. The van der Waals surface area contributed by atoms with E-state index in [0.717, 1.165) is 0 Å². The van der Waals surface area contributed by atoms with Crippen LogP contribution in [0.15, 0.2) is 64.1 Å². The number of hydrogen-bond donors (Lipinski definition) is 2. The molecule has 2 aromatic heterocycles. The van der Waals surface area contributed by atoms with Crippen molar-refractivity contribution in [1.82, 2.24) is 15.0 Å². The van der Waals surface area contributed by atoms with Gasteiger partial charge in [-0.25, -0.2) is 9.82 Å². The molecule has 0 amide bonds. The third kappa shape index (κ3) is 5.70. The Morgan fingerprint density at radius 2 is 1.83 bits per heavy atom. The number of furan rings is 1. The number of hydrogen-bond acceptors (Lipinski definition) is 11. The summed E-state index contributed by atoms with van der Waals surface area (Å²) < 4.78 is 24.2. The van der Waals surface area contributed by atoms with Crippen molar-refractivity contribution in [3.63, 3.8) is 0 Å². The molecule has 0 atom stereocenters. The molecule has 2 aromatic carbocycles. The quantitative estimate of drug-likeness (QED) is 0.195. The van der Waals surface area contributed by atoms with E-state index in [2.05, 4.69) is 30.8 Å². The Bertz CT molecular complexity index is 1410. The maximum Gasteiger partial charge on any atom is 0.270 e. The number of aromatic nitrogens is 3. The summed E-state index contributed by atoms with van der Waals surface area (Å²) in [5, 5.41) is 18.2. The molecule has 0 radical (unpaired) electrons. The highest BCUT2D eigenvalue weighted by atomic mass is 19.1. The molecule has 0 aliphatic heterocycles. The number of hydrazone groups is 1. The van der Waals surface area contributed by atoms with Crippen molar-refractivity contribution in [2.45, 2.75) is 0 Å². The Morgan fingerprint density at radius 3 is 2.53 bits per heavy atom. The SMILES string of the molecule is COc1ccc([N+](=O)[O-])cc1-c1ccc(/C=N\Nc2nc(Nc3ccc(F)cc3)nc(N(C)C)n2)o1. The minimum Gasteiger partial charge on any atom is -0.496 e. The Kier molecular flexibility index (Phi) is 6.99. The van der Waals surface area contributed by atoms with Crippen molar-refractivity contribution >= 4 is 35.4 Å². The lowest BCUT2D eigenvalue weighted by Gasteiger charge is -2.13. The molecule has 0 aliphatic carbocycles. The summed E-state index contributed by atoms with van der Waals surface area (Å²) in [6.07, 6.45) is 1.40. The molecule has 2 heterocycles. The first-order chi connectivity index (χ1) is 17.3. The van der Waals surface area contributed by atoms with Crippen LogP contribution in [-0.2, 0) is 0 Å². The summed E-state index contributed by atoms with van der Waals surface area (Å²) in [4.78, 5) is 25.2. The lowest BCUT2D eigenvalue weighted by molar-refractivity contribution is -0.384. The first-order valence-corrected chi connectivity index (χ1v) is 10.5. The standard InChI is InChI=1S/C23H21FN8O4/c1-31(2)23-28-21(26-15-6-4-14(24)5-7-15)27-22(29-23)30-25-13-17-9-11-20(36-17)18-12-16(32(33)34)8-10-19(18)35-3/h4-13H,1-3H3,(H2,26,27,28,29,30)/b25-13-. The van der Waals surface area contributed by atoms with Crippen LogP contribution in [0, 0.1) is 15.9 Å². The van der Waals surface area contributed by atoms with Crippen LogP contribution in [0.2, 0.25) is 0 Å². The molecule has 12 nitrogen and oxygen atoms in total. The minimum absolute atomic E-state index is 0.0873. The molecular formula is C23H21FN8O4. The van der Waals surface area contributed by atoms with Gasteiger partial charge in [0.2, 0.25) is 17.8 Å². The summed E-state index contributed by atoms with van der Waals surface area (Å²) in [7, 11) is 5.02. The number of nitrogens with zero attached hydrogens (tertiary/aromatic N) is 6. The zero-order valence-corrected chi connectivity index (χ0v) is 19.5. The van der Waals surface area contributed by atoms with Gasteiger partial charge in [-0.2, -0.15) is 20.1 Å². The number of nitro benzene ring substituents is 1. The van der Waals surface area contributed by atoms with Gasteiger partial charge in [-0.1, -0.05) is 0 Å². The molecule has 4 aromatic rings. The molecule has 4 rings (SSSR count). The Hall–Kier alpha value is -5.07. The van der Waals surface area contributed by atoms with Crippen molar-refractivity contribution in [2.75, 3.05) is 36.8 Å². The van der Waals surface area contributed by atoms with E-state index in [4.69, 9.17) is 9.15 Å². The number of non-ortho nitro benzene ring substituents is 1. The molecule has 184 valence electrons. The third-order valence-electron chi connectivity index (χ3n) is 4.77. The number of benzene rings is 2. The van der Waals surface area contributed by atoms with E-state index in [1.54, 1.807) is 43.3 Å². The second-order valence-electron chi connectivity index (χ2n) is 7.52. The maximum atomic E-state index is 13.2. The Balaban J connectivity index is 1.52. The number of anilines is 4. The van der Waals surface area contributed by atoms with Gasteiger partial charge in [0, 0.05) is 31.9 Å². The maximum absolute atomic E-state index is 13.2. The van der Waals surface area contributed by atoms with Gasteiger partial charge in [-0.05, 0) is 42.5 Å². The number of halogens is 1. The van der Waals surface area contributed by atoms with E-state index in [0.29, 0.717) is 34.5 Å². The summed E-state index contributed by atoms with van der Waals surface area (Å²) in [6.45, 7) is 0. The van der Waals surface area contributed by atoms with Crippen LogP contribution >= 0.6 is 0 Å². The molecule has 0 bridgehead atoms. The monoisotopic (exact) mass is 492 g/mol. The molecule has 0 unspecified atom stereocenters. The smallest absolute Gasteiger partial charge is 0.270 e. The molecule has 0 fully saturated rings. The van der Waals surface area contributed by atoms with Crippen LogP contribution in [0.4, 0.5) is 33.6 Å². The van der Waals surface area contributed by atoms with Gasteiger partial charge in [0.25, 0.3) is 5.69 Å². The van der Waals surface area contributed by atoms with Gasteiger partial charge in [0.15, 0.2) is 0 Å². The third-order valence-corrected chi connectivity index (χ3v) is 4.77. The molecule has 2 N–H and O–H groups in total. The van der Waals surface area contributed by atoms with Crippen LogP contribution < -0.4 is 20.4 Å². The highest BCUT2D eigenvalue weighted by molar-refractivity contribution is 5.79. The molecule has 0 spiro atoms. The normalized spacial score (nSPS) is 10.9. The average Bonchev–Trinajstić information content (AvgIpc) is 3.33. The van der Waals surface area contributed by atoms with Gasteiger partial charge in [0.1, 0.15) is 23.1 Å². The Morgan fingerprint density at radius 1 is 1.08 bits per heavy atom. The molecule has 0 saturated heterocycles. The molecular weight excluding hydrogens is 471 g/mol. The first kappa shape index (κ1) is 24.1. The van der Waals surface area contributed by atoms with Gasteiger partial charge in [0.05, 0.1) is 23.8 Å². The zero-order chi connectivity index (χ0) is 25.7. The second-order valence-corrected chi connectivity index (χ2v) is 7.52. The molecule has 0 aliphatic rings. The van der Waals surface area contributed by atoms with Gasteiger partial charge < -0.3 is 19.4 Å². The highest BCUT2D eigenvalue weighted by Gasteiger charge is 2.16. The first-order valence-electron chi connectivity index (χ1n) is 10.5. The number of rotatable bonds is 9. The van der Waals surface area contributed by atoms with Crippen LogP contribution in [0.3, 0.4) is 0 Å². The predicted octanol–water partition coefficient (Wildman–Crippen LogP) is 4.44. The van der Waals surface area contributed by atoms with Crippen molar-refractivity contribution in [3.05, 3.63) is 76.3 Å². The van der Waals surface area contributed by atoms with Crippen molar-refractivity contribution in [3.8, 4) is 17.1 Å². The molecule has 36 heavy (non-hydrogen) atoms. The number of methoxy groups -OCH3 is 1. The number of nitrogens with one attached hydrogen (secondary N) is 2. The van der Waals surface area contributed by atoms with Gasteiger partial charge >= 0.3 is 0 Å². The minimum atomic E-state index is -0.492. The van der Waals surface area contributed by atoms with E-state index < -0.39 is 4.92 Å². The van der Waals surface area contributed by atoms with E-state index in [-0.39, 0.29) is 23.4 Å². The summed E-state index contributed by atoms with van der Waals surface area (Å²) in [5.74, 6) is 1.57. The molecule has 13 heteroatoms. The van der Waals surface area contributed by atoms with Crippen molar-refractivity contribution in [1.29, 1.82) is 0 Å². The van der Waals surface area contributed by atoms with E-state index >= 15 is 0 Å². The largest absolute Gasteiger partial charge is 0.496 e. The summed E-state index contributed by atoms with van der Waals surface area (Å²) >= 11 is 0. The predicted molar refractivity (Wildman–Crippen MR) is 132 cm³/mol. The van der Waals surface area contributed by atoms with Gasteiger partial charge in [-0.3, -0.25) is 10.1 Å². The topological polar surface area (TPSA) is 144 Å². The van der Waals surface area contributed by atoms with Crippen molar-refractivity contribution < 1.29 is 18.5 Å². The summed E-state index contributed by atoms with van der Waals surface area (Å²) in [6, 6.07) is 13.3. The van der Waals surface area contributed by atoms with Crippen LogP contribution in [0.5, 0.6) is 5.75 Å². The fourth-order valence-corrected chi connectivity index (χ4v) is 3.06. The van der Waals surface area contributed by atoms with E-state index in [1.807, 2.05) is 0 Å².